The smallest absolute Gasteiger partial charge is 0.325 e. The van der Waals surface area contributed by atoms with Crippen molar-refractivity contribution in [1.29, 1.82) is 0 Å². The highest BCUT2D eigenvalue weighted by Crippen LogP contribution is 2.09. The summed E-state index contributed by atoms with van der Waals surface area (Å²) >= 11 is 0. The highest BCUT2D eigenvalue weighted by molar-refractivity contribution is 5.75. The molecule has 15 heavy (non-hydrogen) atoms. The maximum absolute atomic E-state index is 11.1. The van der Waals surface area contributed by atoms with Gasteiger partial charge in [-0.25, -0.2) is 4.98 Å². The third kappa shape index (κ3) is 3.08. The van der Waals surface area contributed by atoms with Crippen LogP contribution in [-0.2, 0) is 9.53 Å². The number of carbonyl (C=O) groups is 1. The molecule has 0 spiro atoms. The third-order valence-corrected chi connectivity index (χ3v) is 1.89. The van der Waals surface area contributed by atoms with Gasteiger partial charge in [-0.05, 0) is 6.92 Å². The normalized spacial score (nSPS) is 9.73. The number of nitrogen functional groups attached to an aromatic ring is 1. The fourth-order valence-corrected chi connectivity index (χ4v) is 1.10. The van der Waals surface area contributed by atoms with E-state index in [9.17, 15) is 4.79 Å². The lowest BCUT2D eigenvalue weighted by atomic mass is 10.4. The molecule has 0 aliphatic rings. The van der Waals surface area contributed by atoms with Crippen LogP contribution >= 0.6 is 0 Å². The van der Waals surface area contributed by atoms with Crippen molar-refractivity contribution in [3.8, 4) is 0 Å². The molecule has 0 radical (unpaired) electrons. The Balaban J connectivity index is 2.78. The number of carbonyl (C=O) groups excluding carboxylic acids is 1. The number of rotatable bonds is 4. The number of nitrogens with zero attached hydrogens (tertiary/aromatic N) is 3. The largest absolute Gasteiger partial charge is 0.468 e. The Hall–Kier alpha value is -1.85. The summed E-state index contributed by atoms with van der Waals surface area (Å²) in [6, 6.07) is 0. The van der Waals surface area contributed by atoms with Gasteiger partial charge in [0.2, 0.25) is 0 Å². The number of nitrogens with two attached hydrogens (primary N) is 1. The minimum Gasteiger partial charge on any atom is -0.468 e. The fraction of sp³-hybridized carbons (Fsp3) is 0.444. The number of hydrogen-bond acceptors (Lipinski definition) is 6. The first kappa shape index (κ1) is 11.2. The molecule has 1 aromatic heterocycles. The Kier molecular flexibility index (Phi) is 3.84. The van der Waals surface area contributed by atoms with Gasteiger partial charge in [0.15, 0.2) is 0 Å². The van der Waals surface area contributed by atoms with E-state index in [1.54, 1.807) is 11.1 Å². The van der Waals surface area contributed by atoms with Crippen LogP contribution < -0.4 is 10.6 Å². The summed E-state index contributed by atoms with van der Waals surface area (Å²) in [5.74, 6) is 0.583. The zero-order chi connectivity index (χ0) is 11.3. The number of anilines is 2. The van der Waals surface area contributed by atoms with Gasteiger partial charge in [-0.2, -0.15) is 0 Å². The molecule has 2 N–H and O–H groups in total. The molecule has 1 heterocycles. The molecule has 0 fully saturated rings. The van der Waals surface area contributed by atoms with Gasteiger partial charge in [-0.3, -0.25) is 9.78 Å². The molecule has 1 rings (SSSR count). The number of likely N-dealkylation sites (N-methyl/N-ethyl adjacent to an activating group) is 1. The van der Waals surface area contributed by atoms with Gasteiger partial charge in [0, 0.05) is 6.54 Å². The van der Waals surface area contributed by atoms with Crippen molar-refractivity contribution >= 4 is 17.6 Å². The fourth-order valence-electron chi connectivity index (χ4n) is 1.10. The third-order valence-electron chi connectivity index (χ3n) is 1.89. The van der Waals surface area contributed by atoms with Crippen LogP contribution in [0.2, 0.25) is 0 Å². The summed E-state index contributed by atoms with van der Waals surface area (Å²) in [5, 5.41) is 0. The maximum atomic E-state index is 11.1. The molecule has 1 aromatic rings. The Morgan fingerprint density at radius 2 is 2.33 bits per heavy atom. The van der Waals surface area contributed by atoms with E-state index >= 15 is 0 Å². The van der Waals surface area contributed by atoms with E-state index in [4.69, 9.17) is 5.73 Å². The molecule has 0 aromatic carbocycles. The highest BCUT2D eigenvalue weighted by atomic mass is 16.5. The van der Waals surface area contributed by atoms with Gasteiger partial charge in [-0.15, -0.1) is 0 Å². The van der Waals surface area contributed by atoms with E-state index < -0.39 is 0 Å². The maximum Gasteiger partial charge on any atom is 0.325 e. The quantitative estimate of drug-likeness (QED) is 0.707. The molecule has 0 bridgehead atoms. The molecule has 0 saturated heterocycles. The van der Waals surface area contributed by atoms with Crippen LogP contribution in [0.3, 0.4) is 0 Å². The second-order valence-corrected chi connectivity index (χ2v) is 2.89. The van der Waals surface area contributed by atoms with E-state index in [1.807, 2.05) is 6.92 Å². The summed E-state index contributed by atoms with van der Waals surface area (Å²) in [5.41, 5.74) is 5.50. The van der Waals surface area contributed by atoms with Crippen LogP contribution in [0, 0.1) is 0 Å². The summed E-state index contributed by atoms with van der Waals surface area (Å²) < 4.78 is 4.57. The number of methoxy groups -OCH3 is 1. The Labute approximate surface area is 88.1 Å². The molecule has 0 aliphatic heterocycles. The Morgan fingerprint density at radius 1 is 1.60 bits per heavy atom. The van der Waals surface area contributed by atoms with Gasteiger partial charge in [-0.1, -0.05) is 0 Å². The van der Waals surface area contributed by atoms with E-state index in [1.165, 1.54) is 13.3 Å². The molecule has 0 amide bonds. The number of esters is 1. The first-order valence-corrected chi connectivity index (χ1v) is 4.56. The lowest BCUT2D eigenvalue weighted by molar-refractivity contribution is -0.138. The van der Waals surface area contributed by atoms with Gasteiger partial charge >= 0.3 is 5.97 Å². The number of hydrogen-bond donors (Lipinski definition) is 1. The predicted molar refractivity (Wildman–Crippen MR) is 56.3 cm³/mol. The first-order chi connectivity index (χ1) is 7.17. The Morgan fingerprint density at radius 3 is 2.87 bits per heavy atom. The SMILES string of the molecule is CCN(CC(=O)OC)c1cncc(N)n1. The van der Waals surface area contributed by atoms with Crippen molar-refractivity contribution < 1.29 is 9.53 Å². The molecular formula is C9H14N4O2. The van der Waals surface area contributed by atoms with Crippen molar-refractivity contribution in [1.82, 2.24) is 9.97 Å². The molecule has 0 atom stereocenters. The molecule has 0 aliphatic carbocycles. The van der Waals surface area contributed by atoms with Crippen LogP contribution in [0.1, 0.15) is 6.92 Å². The highest BCUT2D eigenvalue weighted by Gasteiger charge is 2.11. The van der Waals surface area contributed by atoms with E-state index in [0.29, 0.717) is 18.2 Å². The second-order valence-electron chi connectivity index (χ2n) is 2.89. The van der Waals surface area contributed by atoms with Crippen molar-refractivity contribution in [2.75, 3.05) is 30.8 Å². The van der Waals surface area contributed by atoms with Crippen molar-refractivity contribution in [3.05, 3.63) is 12.4 Å². The number of aromatic nitrogens is 2. The molecule has 6 heteroatoms. The number of ether oxygens (including phenoxy) is 1. The van der Waals surface area contributed by atoms with Crippen molar-refractivity contribution in [3.63, 3.8) is 0 Å². The first-order valence-electron chi connectivity index (χ1n) is 4.56. The van der Waals surface area contributed by atoms with Crippen LogP contribution in [0.25, 0.3) is 0 Å². The predicted octanol–water partition coefficient (Wildman–Crippen LogP) is 0.0581. The van der Waals surface area contributed by atoms with E-state index in [0.717, 1.165) is 0 Å². The lowest BCUT2D eigenvalue weighted by Gasteiger charge is -2.19. The summed E-state index contributed by atoms with van der Waals surface area (Å²) in [6.07, 6.45) is 3.01. The van der Waals surface area contributed by atoms with Crippen LogP contribution in [-0.4, -0.2) is 36.1 Å². The van der Waals surface area contributed by atoms with E-state index in [2.05, 4.69) is 14.7 Å². The van der Waals surface area contributed by atoms with Crippen molar-refractivity contribution in [2.24, 2.45) is 0 Å². The average molecular weight is 210 g/mol. The lowest BCUT2D eigenvalue weighted by Crippen LogP contribution is -2.31. The van der Waals surface area contributed by atoms with Gasteiger partial charge in [0.1, 0.15) is 18.2 Å². The van der Waals surface area contributed by atoms with Crippen molar-refractivity contribution in [2.45, 2.75) is 6.92 Å². The van der Waals surface area contributed by atoms with Crippen LogP contribution in [0.15, 0.2) is 12.4 Å². The standard InChI is InChI=1S/C9H14N4O2/c1-3-13(6-9(14)15-2)8-5-11-4-7(10)12-8/h4-5H,3,6H2,1-2H3,(H2,10,12). The molecule has 0 saturated carbocycles. The van der Waals surface area contributed by atoms with Crippen LogP contribution in [0.5, 0.6) is 0 Å². The Bertz CT molecular complexity index is 343. The molecular weight excluding hydrogens is 196 g/mol. The van der Waals surface area contributed by atoms with Gasteiger partial charge in [0.05, 0.1) is 19.5 Å². The van der Waals surface area contributed by atoms with E-state index in [-0.39, 0.29) is 12.5 Å². The average Bonchev–Trinajstić information content (AvgIpc) is 2.25. The molecule has 6 nitrogen and oxygen atoms in total. The zero-order valence-electron chi connectivity index (χ0n) is 8.80. The topological polar surface area (TPSA) is 81.3 Å². The minimum atomic E-state index is -0.318. The zero-order valence-corrected chi connectivity index (χ0v) is 8.80. The van der Waals surface area contributed by atoms with Crippen LogP contribution in [0.4, 0.5) is 11.6 Å². The van der Waals surface area contributed by atoms with Gasteiger partial charge < -0.3 is 15.4 Å². The summed E-state index contributed by atoms with van der Waals surface area (Å²) in [7, 11) is 1.35. The summed E-state index contributed by atoms with van der Waals surface area (Å²) in [4.78, 5) is 20.8. The monoisotopic (exact) mass is 210 g/mol. The van der Waals surface area contributed by atoms with Gasteiger partial charge in [0.25, 0.3) is 0 Å². The molecule has 82 valence electrons. The second kappa shape index (κ2) is 5.14. The molecule has 0 unspecified atom stereocenters. The minimum absolute atomic E-state index is 0.144. The summed E-state index contributed by atoms with van der Waals surface area (Å²) in [6.45, 7) is 2.69.